The van der Waals surface area contributed by atoms with E-state index in [1.54, 1.807) is 18.9 Å². The lowest BCUT2D eigenvalue weighted by atomic mass is 10.2. The Morgan fingerprint density at radius 2 is 2.35 bits per heavy atom. The molecule has 1 N–H and O–H groups in total. The smallest absolute Gasteiger partial charge is 0.332 e. The highest BCUT2D eigenvalue weighted by Crippen LogP contribution is 2.07. The minimum atomic E-state index is -0.357. The van der Waals surface area contributed by atoms with E-state index in [1.807, 2.05) is 0 Å². The van der Waals surface area contributed by atoms with E-state index in [0.29, 0.717) is 19.8 Å². The van der Waals surface area contributed by atoms with E-state index >= 15 is 0 Å². The molecule has 1 saturated heterocycles. The first-order valence-electron chi connectivity index (χ1n) is 5.87. The third kappa shape index (κ3) is 4.70. The van der Waals surface area contributed by atoms with Crippen LogP contribution in [0.15, 0.2) is 0 Å². The molecule has 1 fully saturated rings. The lowest BCUT2D eigenvalue weighted by Gasteiger charge is -2.12. The fourth-order valence-electron chi connectivity index (χ4n) is 1.68. The maximum Gasteiger partial charge on any atom is 0.332 e. The molecule has 1 atom stereocenters. The summed E-state index contributed by atoms with van der Waals surface area (Å²) >= 11 is 0. The first-order chi connectivity index (χ1) is 8.15. The van der Waals surface area contributed by atoms with Gasteiger partial charge in [0.2, 0.25) is 5.91 Å². The summed E-state index contributed by atoms with van der Waals surface area (Å²) in [7, 11) is 1.79. The predicted molar refractivity (Wildman–Crippen MR) is 61.5 cm³/mol. The van der Waals surface area contributed by atoms with Gasteiger partial charge in [-0.05, 0) is 13.3 Å². The molecule has 98 valence electrons. The van der Waals surface area contributed by atoms with Gasteiger partial charge >= 0.3 is 5.97 Å². The number of nitrogens with one attached hydrogen (secondary N) is 1. The van der Waals surface area contributed by atoms with Gasteiger partial charge in [0.15, 0.2) is 0 Å². The van der Waals surface area contributed by atoms with Crippen molar-refractivity contribution in [2.75, 3.05) is 40.0 Å². The van der Waals surface area contributed by atoms with Gasteiger partial charge in [-0.15, -0.1) is 0 Å². The number of likely N-dealkylation sites (N-methyl/N-ethyl adjacent to an activating group) is 1. The van der Waals surface area contributed by atoms with Crippen molar-refractivity contribution in [2.24, 2.45) is 0 Å². The van der Waals surface area contributed by atoms with Crippen molar-refractivity contribution in [3.63, 3.8) is 0 Å². The highest BCUT2D eigenvalue weighted by Gasteiger charge is 2.27. The Labute approximate surface area is 101 Å². The molecular formula is C11H20N2O4. The molecule has 1 aliphatic heterocycles. The standard InChI is InChI=1S/C11H20N2O4/c1-3-17-10(14)8-16-7-5-12-9-4-6-13(2)11(9)15/h9,12H,3-8H2,1-2H3. The number of amides is 1. The summed E-state index contributed by atoms with van der Waals surface area (Å²) in [4.78, 5) is 24.1. The van der Waals surface area contributed by atoms with E-state index in [9.17, 15) is 9.59 Å². The molecule has 17 heavy (non-hydrogen) atoms. The van der Waals surface area contributed by atoms with E-state index in [4.69, 9.17) is 9.47 Å². The normalized spacial score (nSPS) is 19.8. The molecule has 1 rings (SSSR count). The lowest BCUT2D eigenvalue weighted by Crippen LogP contribution is -2.38. The van der Waals surface area contributed by atoms with Crippen molar-refractivity contribution in [3.8, 4) is 0 Å². The fraction of sp³-hybridized carbons (Fsp3) is 0.818. The van der Waals surface area contributed by atoms with Gasteiger partial charge in [-0.1, -0.05) is 0 Å². The summed E-state index contributed by atoms with van der Waals surface area (Å²) in [5.74, 6) is -0.237. The van der Waals surface area contributed by atoms with Crippen LogP contribution < -0.4 is 5.32 Å². The third-order valence-corrected chi connectivity index (χ3v) is 2.59. The van der Waals surface area contributed by atoms with Crippen molar-refractivity contribution in [1.29, 1.82) is 0 Å². The molecule has 0 aromatic carbocycles. The number of hydrogen-bond acceptors (Lipinski definition) is 5. The van der Waals surface area contributed by atoms with Gasteiger partial charge in [-0.2, -0.15) is 0 Å². The first-order valence-corrected chi connectivity index (χ1v) is 5.87. The molecule has 6 heteroatoms. The number of ether oxygens (including phenoxy) is 2. The molecule has 1 aliphatic rings. The Kier molecular flexibility index (Phi) is 5.93. The topological polar surface area (TPSA) is 67.9 Å². The Bertz CT molecular complexity index is 270. The molecule has 1 amide bonds. The maximum atomic E-state index is 11.5. The van der Waals surface area contributed by atoms with Crippen LogP contribution in [0.2, 0.25) is 0 Å². The van der Waals surface area contributed by atoms with Gasteiger partial charge in [0.25, 0.3) is 0 Å². The fourth-order valence-corrected chi connectivity index (χ4v) is 1.68. The zero-order valence-electron chi connectivity index (χ0n) is 10.4. The summed E-state index contributed by atoms with van der Waals surface area (Å²) < 4.78 is 9.82. The van der Waals surface area contributed by atoms with Crippen LogP contribution in [-0.2, 0) is 19.1 Å². The molecule has 0 aromatic heterocycles. The van der Waals surface area contributed by atoms with Crippen LogP contribution in [0.3, 0.4) is 0 Å². The van der Waals surface area contributed by atoms with Crippen molar-refractivity contribution in [2.45, 2.75) is 19.4 Å². The summed E-state index contributed by atoms with van der Waals surface area (Å²) in [5.41, 5.74) is 0. The molecule has 0 spiro atoms. The SMILES string of the molecule is CCOC(=O)COCCNC1CCN(C)C1=O. The summed E-state index contributed by atoms with van der Waals surface area (Å²) in [6, 6.07) is -0.105. The number of rotatable bonds is 7. The number of hydrogen-bond donors (Lipinski definition) is 1. The summed E-state index contributed by atoms with van der Waals surface area (Å²) in [5, 5.41) is 3.10. The largest absolute Gasteiger partial charge is 0.464 e. The zero-order valence-corrected chi connectivity index (χ0v) is 10.4. The van der Waals surface area contributed by atoms with Crippen molar-refractivity contribution < 1.29 is 19.1 Å². The van der Waals surface area contributed by atoms with E-state index in [1.165, 1.54) is 0 Å². The van der Waals surface area contributed by atoms with E-state index < -0.39 is 0 Å². The maximum absolute atomic E-state index is 11.5. The van der Waals surface area contributed by atoms with Gasteiger partial charge in [0.05, 0.1) is 19.3 Å². The average molecular weight is 244 g/mol. The van der Waals surface area contributed by atoms with Gasteiger partial charge in [-0.25, -0.2) is 4.79 Å². The molecule has 0 saturated carbocycles. The molecule has 0 bridgehead atoms. The van der Waals surface area contributed by atoms with Crippen LogP contribution in [0.4, 0.5) is 0 Å². The molecule has 0 aromatic rings. The number of carbonyl (C=O) groups is 2. The van der Waals surface area contributed by atoms with Crippen molar-refractivity contribution in [1.82, 2.24) is 10.2 Å². The highest BCUT2D eigenvalue weighted by molar-refractivity contribution is 5.83. The zero-order chi connectivity index (χ0) is 12.7. The van der Waals surface area contributed by atoms with Crippen LogP contribution >= 0.6 is 0 Å². The minimum Gasteiger partial charge on any atom is -0.464 e. The number of likely N-dealkylation sites (tertiary alicyclic amines) is 1. The van der Waals surface area contributed by atoms with Crippen LogP contribution in [0.5, 0.6) is 0 Å². The summed E-state index contributed by atoms with van der Waals surface area (Å²) in [6.45, 7) is 3.83. The predicted octanol–water partition coefficient (Wildman–Crippen LogP) is -0.614. The molecule has 6 nitrogen and oxygen atoms in total. The number of esters is 1. The molecular weight excluding hydrogens is 224 g/mol. The highest BCUT2D eigenvalue weighted by atomic mass is 16.6. The van der Waals surface area contributed by atoms with Crippen molar-refractivity contribution >= 4 is 11.9 Å². The van der Waals surface area contributed by atoms with Gasteiger partial charge in [0.1, 0.15) is 6.61 Å². The number of nitrogens with zero attached hydrogens (tertiary/aromatic N) is 1. The Morgan fingerprint density at radius 1 is 1.59 bits per heavy atom. The quantitative estimate of drug-likeness (QED) is 0.478. The monoisotopic (exact) mass is 244 g/mol. The van der Waals surface area contributed by atoms with Crippen LogP contribution in [0, 0.1) is 0 Å². The van der Waals surface area contributed by atoms with Crippen LogP contribution in [0.1, 0.15) is 13.3 Å². The molecule has 0 radical (unpaired) electrons. The Morgan fingerprint density at radius 3 is 2.94 bits per heavy atom. The van der Waals surface area contributed by atoms with Crippen LogP contribution in [0.25, 0.3) is 0 Å². The third-order valence-electron chi connectivity index (χ3n) is 2.59. The lowest BCUT2D eigenvalue weighted by molar-refractivity contribution is -0.148. The molecule has 1 heterocycles. The van der Waals surface area contributed by atoms with E-state index in [2.05, 4.69) is 5.32 Å². The van der Waals surface area contributed by atoms with E-state index in [0.717, 1.165) is 13.0 Å². The first kappa shape index (κ1) is 13.9. The Balaban J connectivity index is 2.01. The number of carbonyl (C=O) groups excluding carboxylic acids is 2. The molecule has 1 unspecified atom stereocenters. The summed E-state index contributed by atoms with van der Waals surface area (Å²) in [6.07, 6.45) is 0.827. The second kappa shape index (κ2) is 7.24. The minimum absolute atomic E-state index is 0.0337. The Hall–Kier alpha value is -1.14. The van der Waals surface area contributed by atoms with Gasteiger partial charge in [-0.3, -0.25) is 4.79 Å². The van der Waals surface area contributed by atoms with Gasteiger partial charge in [0, 0.05) is 20.1 Å². The van der Waals surface area contributed by atoms with Gasteiger partial charge < -0.3 is 19.7 Å². The van der Waals surface area contributed by atoms with Crippen LogP contribution in [-0.4, -0.2) is 62.8 Å². The second-order valence-electron chi connectivity index (χ2n) is 3.91. The van der Waals surface area contributed by atoms with Crippen molar-refractivity contribution in [3.05, 3.63) is 0 Å². The average Bonchev–Trinajstić information content (AvgIpc) is 2.60. The second-order valence-corrected chi connectivity index (χ2v) is 3.91. The molecule has 0 aliphatic carbocycles. The van der Waals surface area contributed by atoms with E-state index in [-0.39, 0.29) is 24.5 Å².